The molecule has 1 spiro atoms. The fourth-order valence-electron chi connectivity index (χ4n) is 5.24. The van der Waals surface area contributed by atoms with Gasteiger partial charge in [0, 0.05) is 19.1 Å². The summed E-state index contributed by atoms with van der Waals surface area (Å²) in [5.74, 6) is 8.15. The second kappa shape index (κ2) is 9.95. The number of piperidine rings is 1. The number of aromatic nitrogens is 2. The van der Waals surface area contributed by atoms with Crippen molar-refractivity contribution in [1.82, 2.24) is 9.97 Å². The van der Waals surface area contributed by atoms with Gasteiger partial charge in [0.25, 0.3) is 0 Å². The highest BCUT2D eigenvalue weighted by atomic mass is 16.5. The molecule has 1 aliphatic heterocycles. The normalized spacial score (nSPS) is 18.0. The zero-order valence-electron chi connectivity index (χ0n) is 19.9. The van der Waals surface area contributed by atoms with Gasteiger partial charge in [-0.1, -0.05) is 30.2 Å². The zero-order chi connectivity index (χ0) is 24.3. The first-order valence-corrected chi connectivity index (χ1v) is 11.9. The molecule has 0 radical (unpaired) electrons. The topological polar surface area (TPSA) is 93.7 Å². The molecule has 2 heterocycles. The average Bonchev–Trinajstić information content (AvgIpc) is 3.18. The summed E-state index contributed by atoms with van der Waals surface area (Å²) in [6.07, 6.45) is 4.67. The van der Waals surface area contributed by atoms with E-state index in [1.807, 2.05) is 24.3 Å². The second-order valence-corrected chi connectivity index (χ2v) is 9.15. The highest BCUT2D eigenvalue weighted by Crippen LogP contribution is 2.50. The van der Waals surface area contributed by atoms with E-state index in [2.05, 4.69) is 51.0 Å². The molecule has 0 saturated carbocycles. The lowest BCUT2D eigenvalue weighted by molar-refractivity contribution is 0.186. The van der Waals surface area contributed by atoms with Crippen LogP contribution in [-0.4, -0.2) is 41.9 Å². The molecule has 1 saturated heterocycles. The van der Waals surface area contributed by atoms with Crippen LogP contribution in [0.5, 0.6) is 11.5 Å². The van der Waals surface area contributed by atoms with Crippen LogP contribution in [0.3, 0.4) is 0 Å². The molecule has 0 unspecified atom stereocenters. The van der Waals surface area contributed by atoms with E-state index in [0.717, 1.165) is 43.9 Å². The minimum atomic E-state index is -0.188. The van der Waals surface area contributed by atoms with Gasteiger partial charge >= 0.3 is 0 Å². The number of methoxy groups -OCH3 is 1. The van der Waals surface area contributed by atoms with E-state index in [1.54, 1.807) is 13.3 Å². The Kier molecular flexibility index (Phi) is 6.58. The molecule has 7 heteroatoms. The van der Waals surface area contributed by atoms with Crippen molar-refractivity contribution in [3.05, 3.63) is 77.2 Å². The first-order chi connectivity index (χ1) is 17.1. The van der Waals surface area contributed by atoms with Gasteiger partial charge in [-0.2, -0.15) is 0 Å². The molecule has 0 bridgehead atoms. The molecule has 35 heavy (non-hydrogen) atoms. The Morgan fingerprint density at radius 1 is 1.11 bits per heavy atom. The van der Waals surface area contributed by atoms with Crippen LogP contribution < -0.4 is 20.1 Å². The van der Waals surface area contributed by atoms with E-state index < -0.39 is 0 Å². The molecule has 1 fully saturated rings. The molecule has 5 rings (SSSR count). The fraction of sp³-hybridized carbons (Fsp3) is 0.357. The van der Waals surface area contributed by atoms with E-state index in [-0.39, 0.29) is 24.7 Å². The van der Waals surface area contributed by atoms with Crippen LogP contribution in [-0.2, 0) is 13.0 Å². The van der Waals surface area contributed by atoms with Crippen LogP contribution in [0.1, 0.15) is 41.4 Å². The third kappa shape index (κ3) is 4.68. The lowest BCUT2D eigenvalue weighted by Gasteiger charge is -2.42. The number of aliphatic hydroxyl groups is 1. The van der Waals surface area contributed by atoms with Gasteiger partial charge in [0.2, 0.25) is 0 Å². The summed E-state index contributed by atoms with van der Waals surface area (Å²) in [5, 5.41) is 9.97. The summed E-state index contributed by atoms with van der Waals surface area (Å²) >= 11 is 0. The van der Waals surface area contributed by atoms with Crippen LogP contribution >= 0.6 is 0 Å². The van der Waals surface area contributed by atoms with E-state index in [4.69, 9.17) is 15.2 Å². The summed E-state index contributed by atoms with van der Waals surface area (Å²) in [6.45, 7) is 1.71. The van der Waals surface area contributed by atoms with Crippen molar-refractivity contribution in [1.29, 1.82) is 0 Å². The summed E-state index contributed by atoms with van der Waals surface area (Å²) in [7, 11) is 1.63. The Labute approximate surface area is 205 Å². The number of hydrogen-bond donors (Lipinski definition) is 2. The van der Waals surface area contributed by atoms with Gasteiger partial charge in [0.05, 0.1) is 19.9 Å². The van der Waals surface area contributed by atoms with E-state index in [1.165, 1.54) is 11.1 Å². The van der Waals surface area contributed by atoms with Gasteiger partial charge in [-0.25, -0.2) is 9.97 Å². The molecule has 1 aliphatic carbocycles. The highest BCUT2D eigenvalue weighted by molar-refractivity contribution is 5.47. The van der Waals surface area contributed by atoms with Crippen molar-refractivity contribution in [2.45, 2.75) is 31.9 Å². The van der Waals surface area contributed by atoms with Gasteiger partial charge in [0.1, 0.15) is 29.5 Å². The average molecular weight is 471 g/mol. The predicted octanol–water partition coefficient (Wildman–Crippen LogP) is 3.25. The molecule has 1 atom stereocenters. The minimum Gasteiger partial charge on any atom is -0.497 e. The molecule has 3 N–H and O–H groups in total. The minimum absolute atomic E-state index is 0.0713. The molecule has 3 aromatic rings. The summed E-state index contributed by atoms with van der Waals surface area (Å²) < 4.78 is 10.8. The monoisotopic (exact) mass is 470 g/mol. The number of nitrogens with two attached hydrogens (primary N) is 1. The van der Waals surface area contributed by atoms with Crippen LogP contribution in [0.2, 0.25) is 0 Å². The van der Waals surface area contributed by atoms with E-state index in [9.17, 15) is 5.11 Å². The summed E-state index contributed by atoms with van der Waals surface area (Å²) in [4.78, 5) is 11.4. The molecule has 2 aromatic carbocycles. The van der Waals surface area contributed by atoms with Gasteiger partial charge in [-0.05, 0) is 66.0 Å². The number of ether oxygens (including phenoxy) is 2. The maximum absolute atomic E-state index is 9.97. The van der Waals surface area contributed by atoms with Crippen molar-refractivity contribution < 1.29 is 14.6 Å². The van der Waals surface area contributed by atoms with Gasteiger partial charge < -0.3 is 25.2 Å². The lowest BCUT2D eigenvalue weighted by Crippen LogP contribution is -2.45. The van der Waals surface area contributed by atoms with Crippen molar-refractivity contribution in [3.63, 3.8) is 0 Å². The van der Waals surface area contributed by atoms with Crippen molar-refractivity contribution in [3.8, 4) is 23.3 Å². The standard InChI is InChI=1S/C28H30N4O3/c1-34-22-8-10-23(11-9-22)35-16-4-6-21-18-30-27(25(19-33)31-21)32-14-12-28(13-15-32)17-20-5-2-3-7-24(20)26(28)29/h2-3,5,7-11,18,26,33H,12-17,19,29H2,1H3/t26-/m1/s1. The van der Waals surface area contributed by atoms with Crippen molar-refractivity contribution in [2.24, 2.45) is 11.1 Å². The van der Waals surface area contributed by atoms with Gasteiger partial charge in [0.15, 0.2) is 5.82 Å². The number of nitrogens with zero attached hydrogens (tertiary/aromatic N) is 3. The summed E-state index contributed by atoms with van der Waals surface area (Å²) in [6, 6.07) is 15.9. The number of anilines is 1. The van der Waals surface area contributed by atoms with E-state index >= 15 is 0 Å². The Morgan fingerprint density at radius 2 is 1.86 bits per heavy atom. The number of fused-ring (bicyclic) bond motifs is 1. The van der Waals surface area contributed by atoms with Gasteiger partial charge in [-0.15, -0.1) is 0 Å². The highest BCUT2D eigenvalue weighted by Gasteiger charge is 2.46. The Bertz CT molecular complexity index is 1240. The Balaban J connectivity index is 1.21. The van der Waals surface area contributed by atoms with Crippen molar-refractivity contribution >= 4 is 5.82 Å². The van der Waals surface area contributed by atoms with Gasteiger partial charge in [-0.3, -0.25) is 0 Å². The Morgan fingerprint density at radius 3 is 2.57 bits per heavy atom. The molecular weight excluding hydrogens is 440 g/mol. The second-order valence-electron chi connectivity index (χ2n) is 9.15. The predicted molar refractivity (Wildman–Crippen MR) is 134 cm³/mol. The number of hydrogen-bond acceptors (Lipinski definition) is 7. The molecule has 0 amide bonds. The van der Waals surface area contributed by atoms with Crippen LogP contribution in [0.4, 0.5) is 5.82 Å². The first-order valence-electron chi connectivity index (χ1n) is 11.9. The third-order valence-corrected chi connectivity index (χ3v) is 7.21. The zero-order valence-corrected chi connectivity index (χ0v) is 19.9. The lowest BCUT2D eigenvalue weighted by atomic mass is 9.73. The first kappa shape index (κ1) is 23.2. The van der Waals surface area contributed by atoms with Crippen LogP contribution in [0, 0.1) is 17.3 Å². The third-order valence-electron chi connectivity index (χ3n) is 7.21. The molecule has 7 nitrogen and oxygen atoms in total. The number of rotatable bonds is 5. The molecule has 180 valence electrons. The SMILES string of the molecule is COc1ccc(OCC#Cc2cnc(N3CCC4(CC3)Cc3ccccc3[C@H]4N)c(CO)n2)cc1. The number of aliphatic hydroxyl groups excluding tert-OH is 1. The quantitative estimate of drug-likeness (QED) is 0.553. The van der Waals surface area contributed by atoms with E-state index in [0.29, 0.717) is 17.1 Å². The van der Waals surface area contributed by atoms with Crippen LogP contribution in [0.25, 0.3) is 0 Å². The number of benzene rings is 2. The maximum atomic E-state index is 9.97. The Hall–Kier alpha value is -3.60. The summed E-state index contributed by atoms with van der Waals surface area (Å²) in [5.41, 5.74) is 10.5. The smallest absolute Gasteiger partial charge is 0.152 e. The van der Waals surface area contributed by atoms with Crippen LogP contribution in [0.15, 0.2) is 54.7 Å². The molecular formula is C28H30N4O3. The fourth-order valence-corrected chi connectivity index (χ4v) is 5.24. The molecule has 2 aliphatic rings. The molecule has 1 aromatic heterocycles. The van der Waals surface area contributed by atoms with Crippen molar-refractivity contribution in [2.75, 3.05) is 31.7 Å². The maximum Gasteiger partial charge on any atom is 0.152 e. The largest absolute Gasteiger partial charge is 0.497 e.